The molecule has 1 N–H and O–H groups in total. The summed E-state index contributed by atoms with van der Waals surface area (Å²) in [4.78, 5) is 11.5. The maximum Gasteiger partial charge on any atom is 0.446 e. The number of halogens is 3. The Kier molecular flexibility index (Phi) is 6.14. The zero-order valence-corrected chi connectivity index (χ0v) is 17.5. The van der Waals surface area contributed by atoms with Gasteiger partial charge < -0.3 is 14.4 Å². The third-order valence-corrected chi connectivity index (χ3v) is 5.74. The van der Waals surface area contributed by atoms with E-state index in [9.17, 15) is 23.1 Å². The number of ether oxygens (including phenoxy) is 1. The Morgan fingerprint density at radius 2 is 1.69 bits per heavy atom. The number of para-hydroxylation sites is 1. The lowest BCUT2D eigenvalue weighted by atomic mass is 10.1. The number of benzene rings is 3. The first-order valence-electron chi connectivity index (χ1n) is 9.67. The zero-order chi connectivity index (χ0) is 22.7. The van der Waals surface area contributed by atoms with Crippen LogP contribution in [0.3, 0.4) is 0 Å². The molecule has 1 aromatic heterocycles. The van der Waals surface area contributed by atoms with Gasteiger partial charge in [0.2, 0.25) is 0 Å². The van der Waals surface area contributed by atoms with Crippen LogP contribution >= 0.6 is 11.8 Å². The van der Waals surface area contributed by atoms with Crippen molar-refractivity contribution < 1.29 is 27.8 Å². The van der Waals surface area contributed by atoms with Crippen molar-refractivity contribution >= 4 is 28.6 Å². The van der Waals surface area contributed by atoms with E-state index in [0.717, 1.165) is 5.69 Å². The molecule has 0 fully saturated rings. The van der Waals surface area contributed by atoms with Crippen molar-refractivity contribution in [3.05, 3.63) is 95.7 Å². The number of hydrogen-bond donors (Lipinski definition) is 1. The lowest BCUT2D eigenvalue weighted by Gasteiger charge is -2.15. The highest BCUT2D eigenvalue weighted by Crippen LogP contribution is 2.39. The summed E-state index contributed by atoms with van der Waals surface area (Å²) in [7, 11) is 0. The summed E-state index contributed by atoms with van der Waals surface area (Å²) >= 11 is -0.145. The molecule has 0 amide bonds. The molecule has 0 saturated heterocycles. The van der Waals surface area contributed by atoms with E-state index in [1.165, 1.54) is 12.1 Å². The van der Waals surface area contributed by atoms with Crippen LogP contribution in [-0.2, 0) is 13.2 Å². The van der Waals surface area contributed by atoms with Crippen molar-refractivity contribution in [2.45, 2.75) is 23.6 Å². The summed E-state index contributed by atoms with van der Waals surface area (Å²) in [5, 5.41) is 9.99. The van der Waals surface area contributed by atoms with Gasteiger partial charge in [-0.1, -0.05) is 36.4 Å². The molecule has 32 heavy (non-hydrogen) atoms. The number of aromatic nitrogens is 1. The maximum absolute atomic E-state index is 13.0. The second-order valence-electron chi connectivity index (χ2n) is 7.06. The number of carboxylic acid groups (broad SMARTS) is 1. The number of carboxylic acids is 1. The third kappa shape index (κ3) is 5.08. The van der Waals surface area contributed by atoms with Gasteiger partial charge in [0, 0.05) is 22.3 Å². The van der Waals surface area contributed by atoms with E-state index in [2.05, 4.69) is 0 Å². The summed E-state index contributed by atoms with van der Waals surface area (Å²) in [6, 6.07) is 22.1. The van der Waals surface area contributed by atoms with Crippen LogP contribution in [0.1, 0.15) is 21.6 Å². The van der Waals surface area contributed by atoms with Gasteiger partial charge in [0.1, 0.15) is 12.4 Å². The topological polar surface area (TPSA) is 51.5 Å². The van der Waals surface area contributed by atoms with Gasteiger partial charge >= 0.3 is 11.5 Å². The largest absolute Gasteiger partial charge is 0.487 e. The van der Waals surface area contributed by atoms with Crippen LogP contribution in [-0.4, -0.2) is 21.2 Å². The van der Waals surface area contributed by atoms with E-state index >= 15 is 0 Å². The van der Waals surface area contributed by atoms with Crippen molar-refractivity contribution in [3.63, 3.8) is 0 Å². The number of aromatic carboxylic acids is 1. The molecule has 164 valence electrons. The second kappa shape index (κ2) is 9.00. The molecule has 4 aromatic rings. The highest BCUT2D eigenvalue weighted by Gasteiger charge is 2.30. The standard InChI is InChI=1S/C24H18F3NO3S/c25-24(26,27)32-22-9-5-4-6-17(22)14-28-19(15-31-20-7-2-1-3-8-20)13-18-12-16(23(29)30)10-11-21(18)28/h1-13H,14-15H2,(H,29,30). The van der Waals surface area contributed by atoms with Crippen molar-refractivity contribution in [2.24, 2.45) is 0 Å². The quantitative estimate of drug-likeness (QED) is 0.319. The molecule has 0 atom stereocenters. The number of alkyl halides is 3. The number of carbonyl (C=O) groups is 1. The van der Waals surface area contributed by atoms with E-state index in [4.69, 9.17) is 4.74 Å². The molecule has 3 aromatic carbocycles. The number of hydrogen-bond acceptors (Lipinski definition) is 3. The second-order valence-corrected chi connectivity index (χ2v) is 8.16. The van der Waals surface area contributed by atoms with E-state index in [1.807, 2.05) is 41.0 Å². The Morgan fingerprint density at radius 1 is 0.969 bits per heavy atom. The smallest absolute Gasteiger partial charge is 0.446 e. The van der Waals surface area contributed by atoms with Gasteiger partial charge in [0.25, 0.3) is 0 Å². The molecule has 0 aliphatic carbocycles. The molecular weight excluding hydrogens is 439 g/mol. The predicted octanol–water partition coefficient (Wildman–Crippen LogP) is 6.58. The van der Waals surface area contributed by atoms with Gasteiger partial charge in [-0.3, -0.25) is 0 Å². The first-order chi connectivity index (χ1) is 15.3. The molecule has 0 aliphatic rings. The summed E-state index contributed by atoms with van der Waals surface area (Å²) in [6.45, 7) is 0.359. The Bertz CT molecular complexity index is 1250. The molecule has 0 unspecified atom stereocenters. The fourth-order valence-corrected chi connectivity index (χ4v) is 4.13. The van der Waals surface area contributed by atoms with Crippen LogP contribution in [0.25, 0.3) is 10.9 Å². The van der Waals surface area contributed by atoms with Crippen LogP contribution in [0, 0.1) is 0 Å². The van der Waals surface area contributed by atoms with Crippen LogP contribution in [0.4, 0.5) is 13.2 Å². The molecule has 1 heterocycles. The van der Waals surface area contributed by atoms with Crippen molar-refractivity contribution in [3.8, 4) is 5.75 Å². The lowest BCUT2D eigenvalue weighted by Crippen LogP contribution is -2.09. The summed E-state index contributed by atoms with van der Waals surface area (Å²) in [6.07, 6.45) is 0. The monoisotopic (exact) mass is 457 g/mol. The van der Waals surface area contributed by atoms with E-state index in [-0.39, 0.29) is 35.4 Å². The molecular formula is C24H18F3NO3S. The minimum absolute atomic E-state index is 0.124. The molecule has 0 spiro atoms. The fraction of sp³-hybridized carbons (Fsp3) is 0.125. The average Bonchev–Trinajstić information content (AvgIpc) is 3.10. The summed E-state index contributed by atoms with van der Waals surface area (Å²) < 4.78 is 46.9. The van der Waals surface area contributed by atoms with E-state index in [0.29, 0.717) is 22.2 Å². The summed E-state index contributed by atoms with van der Waals surface area (Å²) in [5.74, 6) is -0.391. The van der Waals surface area contributed by atoms with Crippen molar-refractivity contribution in [1.82, 2.24) is 4.57 Å². The molecule has 0 saturated carbocycles. The minimum atomic E-state index is -4.40. The third-order valence-electron chi connectivity index (χ3n) is 4.89. The highest BCUT2D eigenvalue weighted by molar-refractivity contribution is 8.00. The van der Waals surface area contributed by atoms with Gasteiger partial charge in [0.15, 0.2) is 0 Å². The maximum atomic E-state index is 13.0. The number of fused-ring (bicyclic) bond motifs is 1. The van der Waals surface area contributed by atoms with Crippen molar-refractivity contribution in [1.29, 1.82) is 0 Å². The normalized spacial score (nSPS) is 11.6. The van der Waals surface area contributed by atoms with Crippen molar-refractivity contribution in [2.75, 3.05) is 0 Å². The Hall–Kier alpha value is -3.39. The van der Waals surface area contributed by atoms with Crippen LogP contribution in [0.5, 0.6) is 5.75 Å². The van der Waals surface area contributed by atoms with E-state index in [1.54, 1.807) is 30.3 Å². The van der Waals surface area contributed by atoms with E-state index < -0.39 is 11.5 Å². The Morgan fingerprint density at radius 3 is 2.41 bits per heavy atom. The molecule has 4 rings (SSSR count). The first kappa shape index (κ1) is 21.8. The van der Waals surface area contributed by atoms with Gasteiger partial charge in [-0.2, -0.15) is 13.2 Å². The summed E-state index contributed by atoms with van der Waals surface area (Å²) in [5.41, 5.74) is -2.31. The lowest BCUT2D eigenvalue weighted by molar-refractivity contribution is -0.0328. The average molecular weight is 457 g/mol. The minimum Gasteiger partial charge on any atom is -0.487 e. The molecule has 8 heteroatoms. The molecule has 0 aliphatic heterocycles. The zero-order valence-electron chi connectivity index (χ0n) is 16.7. The molecule has 4 nitrogen and oxygen atoms in total. The van der Waals surface area contributed by atoms with Crippen LogP contribution < -0.4 is 4.74 Å². The Labute approximate surface area is 186 Å². The number of rotatable bonds is 7. The highest BCUT2D eigenvalue weighted by atomic mass is 32.2. The first-order valence-corrected chi connectivity index (χ1v) is 10.5. The van der Waals surface area contributed by atoms with Crippen LogP contribution in [0.2, 0.25) is 0 Å². The number of nitrogens with zero attached hydrogens (tertiary/aromatic N) is 1. The SMILES string of the molecule is O=C(O)c1ccc2c(c1)cc(COc1ccccc1)n2Cc1ccccc1SC(F)(F)F. The van der Waals surface area contributed by atoms with Gasteiger partial charge in [-0.15, -0.1) is 0 Å². The molecule has 0 bridgehead atoms. The van der Waals surface area contributed by atoms with Gasteiger partial charge in [-0.25, -0.2) is 4.79 Å². The number of thioether (sulfide) groups is 1. The fourth-order valence-electron chi connectivity index (χ4n) is 3.47. The predicted molar refractivity (Wildman–Crippen MR) is 117 cm³/mol. The van der Waals surface area contributed by atoms with Gasteiger partial charge in [0.05, 0.1) is 11.3 Å². The van der Waals surface area contributed by atoms with Crippen LogP contribution in [0.15, 0.2) is 83.8 Å². The Balaban J connectivity index is 1.74. The molecule has 0 radical (unpaired) electrons. The van der Waals surface area contributed by atoms with Gasteiger partial charge in [-0.05, 0) is 59.8 Å².